The molecule has 1 amide bonds. The van der Waals surface area contributed by atoms with Crippen LogP contribution in [0, 0.1) is 17.3 Å². The van der Waals surface area contributed by atoms with Gasteiger partial charge in [-0.25, -0.2) is 0 Å². The van der Waals surface area contributed by atoms with E-state index < -0.39 is 11.9 Å². The van der Waals surface area contributed by atoms with Gasteiger partial charge in [0.1, 0.15) is 0 Å². The van der Waals surface area contributed by atoms with Crippen LogP contribution in [0.5, 0.6) is 0 Å². The third-order valence-electron chi connectivity index (χ3n) is 3.34. The maximum Gasteiger partial charge on any atom is 0.308 e. The molecule has 104 valence electrons. The number of carbonyl (C=O) groups excluding carboxylic acids is 1. The number of nitrogens with two attached hydrogens (primary N) is 1. The Morgan fingerprint density at radius 2 is 2.06 bits per heavy atom. The first-order chi connectivity index (χ1) is 8.24. The molecule has 0 aliphatic carbocycles. The van der Waals surface area contributed by atoms with Crippen LogP contribution in [0.2, 0.25) is 0 Å². The van der Waals surface area contributed by atoms with Gasteiger partial charge in [0.05, 0.1) is 11.8 Å². The lowest BCUT2D eigenvalue weighted by Crippen LogP contribution is -2.39. The third-order valence-corrected chi connectivity index (χ3v) is 3.34. The topological polar surface area (TPSA) is 83.6 Å². The summed E-state index contributed by atoms with van der Waals surface area (Å²) in [6, 6.07) is 0. The zero-order valence-electron chi connectivity index (χ0n) is 11.5. The lowest BCUT2D eigenvalue weighted by atomic mass is 9.84. The van der Waals surface area contributed by atoms with Gasteiger partial charge in [-0.15, -0.1) is 0 Å². The van der Waals surface area contributed by atoms with Crippen LogP contribution in [0.1, 0.15) is 33.6 Å². The number of hydrogen-bond donors (Lipinski definition) is 2. The van der Waals surface area contributed by atoms with Gasteiger partial charge in [0.15, 0.2) is 0 Å². The fourth-order valence-corrected chi connectivity index (χ4v) is 2.43. The molecule has 0 aromatic carbocycles. The zero-order chi connectivity index (χ0) is 13.9. The molecule has 1 aliphatic rings. The quantitative estimate of drug-likeness (QED) is 0.783. The maximum absolute atomic E-state index is 12.3. The fourth-order valence-electron chi connectivity index (χ4n) is 2.43. The van der Waals surface area contributed by atoms with Crippen LogP contribution in [0.25, 0.3) is 0 Å². The molecule has 1 heterocycles. The van der Waals surface area contributed by atoms with Crippen molar-refractivity contribution in [3.8, 4) is 0 Å². The molecule has 1 fully saturated rings. The van der Waals surface area contributed by atoms with E-state index in [1.165, 1.54) is 0 Å². The van der Waals surface area contributed by atoms with E-state index in [-0.39, 0.29) is 17.2 Å². The second kappa shape index (κ2) is 5.69. The van der Waals surface area contributed by atoms with E-state index in [2.05, 4.69) is 20.8 Å². The molecular formula is C13H24N2O3. The first-order valence-electron chi connectivity index (χ1n) is 6.46. The average molecular weight is 256 g/mol. The molecule has 5 nitrogen and oxygen atoms in total. The molecule has 0 bridgehead atoms. The van der Waals surface area contributed by atoms with E-state index in [0.29, 0.717) is 26.1 Å². The van der Waals surface area contributed by atoms with Gasteiger partial charge in [-0.3, -0.25) is 9.59 Å². The number of carboxylic acids is 1. The van der Waals surface area contributed by atoms with Crippen molar-refractivity contribution >= 4 is 11.9 Å². The van der Waals surface area contributed by atoms with Crippen molar-refractivity contribution in [2.24, 2.45) is 23.0 Å². The third kappa shape index (κ3) is 3.98. The zero-order valence-corrected chi connectivity index (χ0v) is 11.5. The molecule has 0 aromatic heterocycles. The van der Waals surface area contributed by atoms with E-state index in [0.717, 1.165) is 6.42 Å². The maximum atomic E-state index is 12.3. The summed E-state index contributed by atoms with van der Waals surface area (Å²) in [7, 11) is 0. The highest BCUT2D eigenvalue weighted by Crippen LogP contribution is 2.27. The van der Waals surface area contributed by atoms with Gasteiger partial charge in [-0.1, -0.05) is 20.8 Å². The highest BCUT2D eigenvalue weighted by Gasteiger charge is 2.34. The molecule has 2 atom stereocenters. The number of carboxylic acid groups (broad SMARTS) is 1. The number of rotatable bonds is 4. The van der Waals surface area contributed by atoms with Crippen molar-refractivity contribution in [1.29, 1.82) is 0 Å². The lowest BCUT2D eigenvalue weighted by molar-refractivity contribution is -0.141. The summed E-state index contributed by atoms with van der Waals surface area (Å²) in [5.41, 5.74) is 5.73. The van der Waals surface area contributed by atoms with E-state index >= 15 is 0 Å². The second-order valence-corrected chi connectivity index (χ2v) is 6.31. The molecule has 0 aromatic rings. The fraction of sp³-hybridized carbons (Fsp3) is 0.846. The summed E-state index contributed by atoms with van der Waals surface area (Å²) in [6.07, 6.45) is 1.28. The molecule has 0 spiro atoms. The van der Waals surface area contributed by atoms with E-state index in [1.807, 2.05) is 0 Å². The number of hydrogen-bond acceptors (Lipinski definition) is 3. The molecule has 5 heteroatoms. The minimum atomic E-state index is -0.814. The van der Waals surface area contributed by atoms with Crippen LogP contribution < -0.4 is 5.73 Å². The van der Waals surface area contributed by atoms with Crippen LogP contribution >= 0.6 is 0 Å². The van der Waals surface area contributed by atoms with Gasteiger partial charge in [-0.05, 0) is 18.3 Å². The normalized spacial score (nSPS) is 22.0. The predicted octanol–water partition coefficient (Wildman–Crippen LogP) is 0.931. The summed E-state index contributed by atoms with van der Waals surface area (Å²) in [6.45, 7) is 7.42. The van der Waals surface area contributed by atoms with Gasteiger partial charge in [0.25, 0.3) is 0 Å². The average Bonchev–Trinajstić information content (AvgIpc) is 2.72. The molecule has 0 radical (unpaired) electrons. The van der Waals surface area contributed by atoms with E-state index in [1.54, 1.807) is 4.90 Å². The first kappa shape index (κ1) is 15.0. The predicted molar refractivity (Wildman–Crippen MR) is 68.9 cm³/mol. The highest BCUT2D eigenvalue weighted by molar-refractivity contribution is 5.81. The number of carbonyl (C=O) groups is 2. The Bertz CT molecular complexity index is 323. The minimum Gasteiger partial charge on any atom is -0.481 e. The monoisotopic (exact) mass is 256 g/mol. The summed E-state index contributed by atoms with van der Waals surface area (Å²) in [4.78, 5) is 24.8. The van der Waals surface area contributed by atoms with Gasteiger partial charge in [0.2, 0.25) is 5.91 Å². The summed E-state index contributed by atoms with van der Waals surface area (Å²) in [5.74, 6) is -1.42. The molecule has 1 aliphatic heterocycles. The second-order valence-electron chi connectivity index (χ2n) is 6.31. The summed E-state index contributed by atoms with van der Waals surface area (Å²) in [5, 5.41) is 8.93. The van der Waals surface area contributed by atoms with Crippen molar-refractivity contribution < 1.29 is 14.7 Å². The van der Waals surface area contributed by atoms with Gasteiger partial charge in [0, 0.05) is 19.6 Å². The van der Waals surface area contributed by atoms with Gasteiger partial charge >= 0.3 is 5.97 Å². The molecule has 1 saturated heterocycles. The van der Waals surface area contributed by atoms with Crippen LogP contribution in [0.3, 0.4) is 0 Å². The Labute approximate surface area is 108 Å². The van der Waals surface area contributed by atoms with Crippen LogP contribution in [-0.4, -0.2) is 41.5 Å². The number of nitrogens with zero attached hydrogens (tertiary/aromatic N) is 1. The van der Waals surface area contributed by atoms with E-state index in [4.69, 9.17) is 10.8 Å². The van der Waals surface area contributed by atoms with Gasteiger partial charge < -0.3 is 15.7 Å². The van der Waals surface area contributed by atoms with Crippen LogP contribution in [0.4, 0.5) is 0 Å². The molecule has 3 N–H and O–H groups in total. The number of likely N-dealkylation sites (tertiary alicyclic amines) is 1. The summed E-state index contributed by atoms with van der Waals surface area (Å²) >= 11 is 0. The Kier molecular flexibility index (Phi) is 4.73. The molecule has 1 rings (SSSR count). The molecule has 18 heavy (non-hydrogen) atoms. The highest BCUT2D eigenvalue weighted by atomic mass is 16.4. The Morgan fingerprint density at radius 1 is 1.44 bits per heavy atom. The minimum absolute atomic E-state index is 0.0103. The van der Waals surface area contributed by atoms with Gasteiger partial charge in [-0.2, -0.15) is 0 Å². The first-order valence-corrected chi connectivity index (χ1v) is 6.46. The van der Waals surface area contributed by atoms with Crippen molar-refractivity contribution in [3.63, 3.8) is 0 Å². The largest absolute Gasteiger partial charge is 0.481 e. The summed E-state index contributed by atoms with van der Waals surface area (Å²) < 4.78 is 0. The van der Waals surface area contributed by atoms with Crippen molar-refractivity contribution in [2.45, 2.75) is 33.6 Å². The molecule has 0 saturated carbocycles. The van der Waals surface area contributed by atoms with Crippen molar-refractivity contribution in [2.75, 3.05) is 19.6 Å². The van der Waals surface area contributed by atoms with Crippen LogP contribution in [-0.2, 0) is 9.59 Å². The Balaban J connectivity index is 2.60. The molecule has 2 unspecified atom stereocenters. The lowest BCUT2D eigenvalue weighted by Gasteiger charge is -2.27. The van der Waals surface area contributed by atoms with Crippen molar-refractivity contribution in [1.82, 2.24) is 4.90 Å². The molecular weight excluding hydrogens is 232 g/mol. The Morgan fingerprint density at radius 3 is 2.44 bits per heavy atom. The number of amides is 1. The Hall–Kier alpha value is -1.10. The smallest absolute Gasteiger partial charge is 0.308 e. The SMILES string of the molecule is CC(C)(C)CC(CN)C(=O)N1CCC(C(=O)O)C1. The van der Waals surface area contributed by atoms with Crippen LogP contribution in [0.15, 0.2) is 0 Å². The van der Waals surface area contributed by atoms with E-state index in [9.17, 15) is 9.59 Å². The van der Waals surface area contributed by atoms with Crippen molar-refractivity contribution in [3.05, 3.63) is 0 Å². The standard InChI is InChI=1S/C13H24N2O3/c1-13(2,3)6-10(7-14)11(16)15-5-4-9(8-15)12(17)18/h9-10H,4-8,14H2,1-3H3,(H,17,18). The number of aliphatic carboxylic acids is 1.